The van der Waals surface area contributed by atoms with Gasteiger partial charge >= 0.3 is 5.97 Å². The number of carbonyl (C=O) groups excluding carboxylic acids is 2. The van der Waals surface area contributed by atoms with Gasteiger partial charge in [0.25, 0.3) is 5.91 Å². The number of fused-ring (bicyclic) bond motifs is 2. The molecule has 1 N–H and O–H groups in total. The topological polar surface area (TPSA) is 105 Å². The van der Waals surface area contributed by atoms with E-state index in [4.69, 9.17) is 9.15 Å². The predicted molar refractivity (Wildman–Crippen MR) is 129 cm³/mol. The second-order valence-electron chi connectivity index (χ2n) is 8.32. The predicted octanol–water partition coefficient (Wildman–Crippen LogP) is 5.35. The van der Waals surface area contributed by atoms with E-state index in [-0.39, 0.29) is 5.56 Å². The number of amides is 1. The largest absolute Gasteiger partial charge is 0.452 e. The van der Waals surface area contributed by atoms with E-state index in [9.17, 15) is 14.9 Å². The molecule has 2 aromatic carbocycles. The fraction of sp³-hybridized carbons (Fsp3) is 0.231. The molecule has 0 spiro atoms. The van der Waals surface area contributed by atoms with Crippen LogP contribution in [0.5, 0.6) is 0 Å². The standard InChI is InChI=1S/C26H21N3O4S/c1-15-10-11-16-19(13-27)25(34-22(16)12-15)29-23(30)14-32-26(31)18-7-3-2-6-17(18)24-28-20-8-4-5-9-21(20)33-24/h2-9,15H,10-12,14H2,1H3,(H,29,30). The van der Waals surface area contributed by atoms with E-state index >= 15 is 0 Å². The van der Waals surface area contributed by atoms with Crippen molar-refractivity contribution in [2.45, 2.75) is 26.2 Å². The maximum atomic E-state index is 12.8. The van der Waals surface area contributed by atoms with Gasteiger partial charge in [0.2, 0.25) is 5.89 Å². The number of nitrogens with zero attached hydrogens (tertiary/aromatic N) is 2. The number of benzene rings is 2. The average Bonchev–Trinajstić information content (AvgIpc) is 3.42. The summed E-state index contributed by atoms with van der Waals surface area (Å²) in [6.07, 6.45) is 2.78. The fourth-order valence-corrected chi connectivity index (χ4v) is 5.54. The first-order valence-corrected chi connectivity index (χ1v) is 11.8. The van der Waals surface area contributed by atoms with Crippen molar-refractivity contribution in [3.05, 3.63) is 70.1 Å². The van der Waals surface area contributed by atoms with Crippen LogP contribution in [0.2, 0.25) is 0 Å². The van der Waals surface area contributed by atoms with Gasteiger partial charge < -0.3 is 14.5 Å². The van der Waals surface area contributed by atoms with Crippen LogP contribution < -0.4 is 5.32 Å². The maximum Gasteiger partial charge on any atom is 0.339 e. The van der Waals surface area contributed by atoms with E-state index in [2.05, 4.69) is 23.3 Å². The molecule has 0 fully saturated rings. The first-order valence-electron chi connectivity index (χ1n) is 11.0. The number of hydrogen-bond donors (Lipinski definition) is 1. The Morgan fingerprint density at radius 2 is 2.03 bits per heavy atom. The number of anilines is 1. The van der Waals surface area contributed by atoms with Gasteiger partial charge in [-0.25, -0.2) is 9.78 Å². The molecule has 170 valence electrons. The van der Waals surface area contributed by atoms with E-state index in [1.165, 1.54) is 11.3 Å². The molecule has 34 heavy (non-hydrogen) atoms. The highest BCUT2D eigenvalue weighted by Crippen LogP contribution is 2.39. The van der Waals surface area contributed by atoms with Crippen LogP contribution in [0.3, 0.4) is 0 Å². The number of carbonyl (C=O) groups is 2. The van der Waals surface area contributed by atoms with Crippen LogP contribution in [0.1, 0.15) is 39.7 Å². The third-order valence-corrected chi connectivity index (χ3v) is 7.05. The van der Waals surface area contributed by atoms with Crippen molar-refractivity contribution in [3.63, 3.8) is 0 Å². The minimum atomic E-state index is -0.659. The summed E-state index contributed by atoms with van der Waals surface area (Å²) in [6, 6.07) is 16.4. The van der Waals surface area contributed by atoms with Gasteiger partial charge in [-0.1, -0.05) is 31.2 Å². The molecule has 2 heterocycles. The lowest BCUT2D eigenvalue weighted by Gasteiger charge is -2.17. The first kappa shape index (κ1) is 21.9. The van der Waals surface area contributed by atoms with Gasteiger partial charge in [0, 0.05) is 4.88 Å². The molecule has 7 nitrogen and oxygen atoms in total. The molecule has 1 unspecified atom stereocenters. The van der Waals surface area contributed by atoms with Crippen molar-refractivity contribution >= 4 is 39.3 Å². The minimum absolute atomic E-state index is 0.250. The lowest BCUT2D eigenvalue weighted by molar-refractivity contribution is -0.119. The summed E-state index contributed by atoms with van der Waals surface area (Å²) in [7, 11) is 0. The summed E-state index contributed by atoms with van der Waals surface area (Å²) in [6.45, 7) is 1.72. The third-order valence-electron chi connectivity index (χ3n) is 5.88. The monoisotopic (exact) mass is 471 g/mol. The highest BCUT2D eigenvalue weighted by Gasteiger charge is 2.25. The molecule has 0 aliphatic heterocycles. The van der Waals surface area contributed by atoms with Crippen LogP contribution in [0, 0.1) is 17.2 Å². The SMILES string of the molecule is CC1CCc2c(sc(NC(=O)COC(=O)c3ccccc3-c3nc4ccccc4o3)c2C#N)C1. The third kappa shape index (κ3) is 4.18. The molecule has 8 heteroatoms. The number of hydrogen-bond acceptors (Lipinski definition) is 7. The molecular weight excluding hydrogens is 450 g/mol. The van der Waals surface area contributed by atoms with Crippen molar-refractivity contribution in [1.29, 1.82) is 5.26 Å². The normalized spacial score (nSPS) is 14.9. The van der Waals surface area contributed by atoms with Crippen LogP contribution in [-0.2, 0) is 22.4 Å². The van der Waals surface area contributed by atoms with Crippen molar-refractivity contribution < 1.29 is 18.7 Å². The number of ether oxygens (including phenoxy) is 1. The van der Waals surface area contributed by atoms with Crippen molar-refractivity contribution in [2.24, 2.45) is 5.92 Å². The number of esters is 1. The molecule has 4 aromatic rings. The van der Waals surface area contributed by atoms with Crippen LogP contribution in [0.15, 0.2) is 52.9 Å². The Labute approximate surface area is 200 Å². The minimum Gasteiger partial charge on any atom is -0.452 e. The molecule has 0 radical (unpaired) electrons. The van der Waals surface area contributed by atoms with Crippen LogP contribution in [0.4, 0.5) is 5.00 Å². The lowest BCUT2D eigenvalue weighted by Crippen LogP contribution is -2.21. The number of thiophene rings is 1. The number of para-hydroxylation sites is 2. The van der Waals surface area contributed by atoms with Crippen LogP contribution in [0.25, 0.3) is 22.6 Å². The van der Waals surface area contributed by atoms with Gasteiger partial charge in [0.1, 0.15) is 16.6 Å². The second-order valence-corrected chi connectivity index (χ2v) is 9.43. The Morgan fingerprint density at radius 3 is 2.85 bits per heavy atom. The summed E-state index contributed by atoms with van der Waals surface area (Å²) in [5, 5.41) is 12.9. The summed E-state index contributed by atoms with van der Waals surface area (Å²) in [5.41, 5.74) is 3.58. The van der Waals surface area contributed by atoms with E-state index in [1.54, 1.807) is 30.3 Å². The molecular formula is C26H21N3O4S. The maximum absolute atomic E-state index is 12.8. The smallest absolute Gasteiger partial charge is 0.339 e. The number of oxazole rings is 1. The Balaban J connectivity index is 1.29. The van der Waals surface area contributed by atoms with Gasteiger partial charge in [-0.05, 0) is 55.0 Å². The molecule has 5 rings (SSSR count). The molecule has 0 bridgehead atoms. The van der Waals surface area contributed by atoms with Crippen LogP contribution >= 0.6 is 11.3 Å². The van der Waals surface area contributed by atoms with Crippen molar-refractivity contribution in [2.75, 3.05) is 11.9 Å². The molecule has 0 saturated carbocycles. The Bertz CT molecular complexity index is 1410. The molecule has 0 saturated heterocycles. The Morgan fingerprint density at radius 1 is 1.24 bits per heavy atom. The van der Waals surface area contributed by atoms with E-state index in [1.807, 2.05) is 18.2 Å². The highest BCUT2D eigenvalue weighted by atomic mass is 32.1. The van der Waals surface area contributed by atoms with E-state index in [0.29, 0.717) is 39.0 Å². The molecule has 2 aromatic heterocycles. The summed E-state index contributed by atoms with van der Waals surface area (Å²) in [5.74, 6) is -0.289. The zero-order valence-corrected chi connectivity index (χ0v) is 19.3. The van der Waals surface area contributed by atoms with Crippen molar-refractivity contribution in [3.8, 4) is 17.5 Å². The molecule has 1 aliphatic carbocycles. The zero-order chi connectivity index (χ0) is 23.7. The van der Waals surface area contributed by atoms with Gasteiger partial charge in [-0.15, -0.1) is 11.3 Å². The molecule has 1 atom stereocenters. The number of rotatable bonds is 5. The second kappa shape index (κ2) is 9.12. The first-order chi connectivity index (χ1) is 16.5. The number of aromatic nitrogens is 1. The Kier molecular flexibility index (Phi) is 5.86. The van der Waals surface area contributed by atoms with E-state index in [0.717, 1.165) is 29.7 Å². The summed E-state index contributed by atoms with van der Waals surface area (Å²) < 4.78 is 11.1. The highest BCUT2D eigenvalue weighted by molar-refractivity contribution is 7.16. The average molecular weight is 472 g/mol. The van der Waals surface area contributed by atoms with Gasteiger partial charge in [-0.3, -0.25) is 4.79 Å². The van der Waals surface area contributed by atoms with Crippen LogP contribution in [-0.4, -0.2) is 23.5 Å². The fourth-order valence-electron chi connectivity index (χ4n) is 4.16. The van der Waals surface area contributed by atoms with Gasteiger partial charge in [0.05, 0.1) is 16.7 Å². The number of nitriles is 1. The molecule has 1 amide bonds. The van der Waals surface area contributed by atoms with Gasteiger partial charge in [-0.2, -0.15) is 5.26 Å². The lowest BCUT2D eigenvalue weighted by atomic mass is 9.89. The van der Waals surface area contributed by atoms with Crippen molar-refractivity contribution in [1.82, 2.24) is 4.98 Å². The Hall–Kier alpha value is -3.96. The summed E-state index contributed by atoms with van der Waals surface area (Å²) in [4.78, 5) is 31.0. The quantitative estimate of drug-likeness (QED) is 0.394. The zero-order valence-electron chi connectivity index (χ0n) is 18.5. The van der Waals surface area contributed by atoms with Gasteiger partial charge in [0.15, 0.2) is 12.2 Å². The van der Waals surface area contributed by atoms with E-state index < -0.39 is 18.5 Å². The summed E-state index contributed by atoms with van der Waals surface area (Å²) >= 11 is 1.44. The molecule has 1 aliphatic rings. The number of nitrogens with one attached hydrogen (secondary N) is 1.